The van der Waals surface area contributed by atoms with E-state index in [-0.39, 0.29) is 0 Å². The number of nitrogens with one attached hydrogen (secondary N) is 1. The molecule has 0 atom stereocenters. The number of thiazole rings is 2. The lowest BCUT2D eigenvalue weighted by Gasteiger charge is -2.09. The molecule has 7 heteroatoms. The third kappa shape index (κ3) is 2.71. The van der Waals surface area contributed by atoms with Crippen LogP contribution in [0.4, 0.5) is 11.5 Å². The van der Waals surface area contributed by atoms with E-state index >= 15 is 0 Å². The highest BCUT2D eigenvalue weighted by molar-refractivity contribution is 7.16. The van der Waals surface area contributed by atoms with E-state index < -0.39 is 0 Å². The maximum Gasteiger partial charge on any atom is 0.141 e. The van der Waals surface area contributed by atoms with E-state index in [2.05, 4.69) is 48.8 Å². The van der Waals surface area contributed by atoms with Gasteiger partial charge in [-0.05, 0) is 43.3 Å². The number of hydrogen-bond donors (Lipinski definition) is 1. The van der Waals surface area contributed by atoms with Gasteiger partial charge in [0.15, 0.2) is 0 Å². The van der Waals surface area contributed by atoms with Crippen LogP contribution in [0.15, 0.2) is 53.6 Å². The molecule has 5 rings (SSSR count). The van der Waals surface area contributed by atoms with Crippen LogP contribution in [-0.2, 0) is 0 Å². The topological polar surface area (TPSA) is 63.6 Å². The van der Waals surface area contributed by atoms with Crippen LogP contribution < -0.4 is 5.32 Å². The fourth-order valence-electron chi connectivity index (χ4n) is 2.85. The van der Waals surface area contributed by atoms with Crippen molar-refractivity contribution < 1.29 is 0 Å². The van der Waals surface area contributed by atoms with Gasteiger partial charge in [0, 0.05) is 27.7 Å². The van der Waals surface area contributed by atoms with Crippen LogP contribution in [0.25, 0.3) is 31.7 Å². The number of benzene rings is 2. The average molecular weight is 375 g/mol. The standard InChI is InChI=1S/C19H13N5S2/c1-11-8-25-19(23-11)12-2-4-15-14(6-12)18(21-9-20-15)24-13-3-5-17-16(7-13)22-10-26-17/h2-10H,1H3,(H,20,21,24). The zero-order valence-corrected chi connectivity index (χ0v) is 15.4. The summed E-state index contributed by atoms with van der Waals surface area (Å²) >= 11 is 3.28. The van der Waals surface area contributed by atoms with Crippen LogP contribution in [0.2, 0.25) is 0 Å². The Morgan fingerprint density at radius 2 is 1.88 bits per heavy atom. The summed E-state index contributed by atoms with van der Waals surface area (Å²) in [6.45, 7) is 2.01. The van der Waals surface area contributed by atoms with Crippen LogP contribution in [0, 0.1) is 6.92 Å². The van der Waals surface area contributed by atoms with E-state index in [0.29, 0.717) is 0 Å². The van der Waals surface area contributed by atoms with E-state index in [1.165, 1.54) is 4.70 Å². The van der Waals surface area contributed by atoms with Crippen LogP contribution >= 0.6 is 22.7 Å². The molecule has 5 nitrogen and oxygen atoms in total. The summed E-state index contributed by atoms with van der Waals surface area (Å²) in [6, 6.07) is 12.3. The number of aryl methyl sites for hydroxylation is 1. The van der Waals surface area contributed by atoms with Gasteiger partial charge in [0.2, 0.25) is 0 Å². The Kier molecular flexibility index (Phi) is 3.62. The Bertz CT molecular complexity index is 1240. The van der Waals surface area contributed by atoms with Gasteiger partial charge in [-0.1, -0.05) is 0 Å². The Balaban J connectivity index is 1.59. The zero-order valence-electron chi connectivity index (χ0n) is 13.8. The summed E-state index contributed by atoms with van der Waals surface area (Å²) in [4.78, 5) is 17.8. The Morgan fingerprint density at radius 3 is 2.77 bits per heavy atom. The third-order valence-electron chi connectivity index (χ3n) is 4.09. The van der Waals surface area contributed by atoms with Gasteiger partial charge in [0.25, 0.3) is 0 Å². The zero-order chi connectivity index (χ0) is 17.5. The van der Waals surface area contributed by atoms with E-state index in [9.17, 15) is 0 Å². The van der Waals surface area contributed by atoms with Crippen molar-refractivity contribution in [3.8, 4) is 10.6 Å². The third-order valence-corrected chi connectivity index (χ3v) is 5.91. The largest absolute Gasteiger partial charge is 0.340 e. The van der Waals surface area contributed by atoms with Gasteiger partial charge in [-0.2, -0.15) is 0 Å². The summed E-state index contributed by atoms with van der Waals surface area (Å²) in [5.41, 5.74) is 6.80. The number of nitrogens with zero attached hydrogens (tertiary/aromatic N) is 4. The lowest BCUT2D eigenvalue weighted by molar-refractivity contribution is 1.22. The lowest BCUT2D eigenvalue weighted by atomic mass is 10.1. The molecule has 3 aromatic heterocycles. The first-order chi connectivity index (χ1) is 12.8. The molecule has 0 aliphatic carbocycles. The van der Waals surface area contributed by atoms with Gasteiger partial charge in [-0.25, -0.2) is 19.9 Å². The highest BCUT2D eigenvalue weighted by Gasteiger charge is 2.09. The Hall–Kier alpha value is -2.90. The molecule has 5 aromatic rings. The highest BCUT2D eigenvalue weighted by Crippen LogP contribution is 2.31. The number of rotatable bonds is 3. The van der Waals surface area contributed by atoms with Crippen molar-refractivity contribution in [1.29, 1.82) is 0 Å². The van der Waals surface area contributed by atoms with Crippen molar-refractivity contribution in [3.63, 3.8) is 0 Å². The molecule has 0 bridgehead atoms. The second-order valence-electron chi connectivity index (χ2n) is 5.91. The molecular formula is C19H13N5S2. The quantitative estimate of drug-likeness (QED) is 0.456. The molecule has 0 unspecified atom stereocenters. The molecule has 2 aromatic carbocycles. The molecular weight excluding hydrogens is 362 g/mol. The van der Waals surface area contributed by atoms with Gasteiger partial charge >= 0.3 is 0 Å². The van der Waals surface area contributed by atoms with Crippen molar-refractivity contribution in [1.82, 2.24) is 19.9 Å². The predicted molar refractivity (Wildman–Crippen MR) is 108 cm³/mol. The van der Waals surface area contributed by atoms with Crippen LogP contribution in [0.5, 0.6) is 0 Å². The summed E-state index contributed by atoms with van der Waals surface area (Å²) in [5.74, 6) is 0.778. The fourth-order valence-corrected chi connectivity index (χ4v) is 4.30. The maximum absolute atomic E-state index is 4.58. The van der Waals surface area contributed by atoms with Gasteiger partial charge in [-0.3, -0.25) is 0 Å². The molecule has 0 saturated heterocycles. The van der Waals surface area contributed by atoms with Crippen LogP contribution in [0.1, 0.15) is 5.69 Å². The minimum atomic E-state index is 0.778. The molecule has 0 aliphatic rings. The lowest BCUT2D eigenvalue weighted by Crippen LogP contribution is -1.96. The smallest absolute Gasteiger partial charge is 0.141 e. The van der Waals surface area contributed by atoms with Crippen LogP contribution in [-0.4, -0.2) is 19.9 Å². The molecule has 0 radical (unpaired) electrons. The van der Waals surface area contributed by atoms with Crippen molar-refractivity contribution in [2.45, 2.75) is 6.92 Å². The van der Waals surface area contributed by atoms with Crippen molar-refractivity contribution in [3.05, 3.63) is 59.3 Å². The molecule has 0 spiro atoms. The molecule has 3 heterocycles. The number of aromatic nitrogens is 4. The summed E-state index contributed by atoms with van der Waals surface area (Å²) < 4.78 is 1.17. The Morgan fingerprint density at radius 1 is 0.923 bits per heavy atom. The minimum Gasteiger partial charge on any atom is -0.340 e. The van der Waals surface area contributed by atoms with E-state index in [0.717, 1.165) is 44.2 Å². The summed E-state index contributed by atoms with van der Waals surface area (Å²) in [5, 5.41) is 7.44. The van der Waals surface area contributed by atoms with Gasteiger partial charge < -0.3 is 5.32 Å². The molecule has 0 aliphatic heterocycles. The molecule has 0 fully saturated rings. The first-order valence-corrected chi connectivity index (χ1v) is 9.80. The fraction of sp³-hybridized carbons (Fsp3) is 0.0526. The molecule has 1 N–H and O–H groups in total. The van der Waals surface area contributed by atoms with Crippen molar-refractivity contribution >= 4 is 55.3 Å². The normalized spacial score (nSPS) is 11.3. The second kappa shape index (κ2) is 6.12. The first-order valence-electron chi connectivity index (χ1n) is 8.04. The van der Waals surface area contributed by atoms with Gasteiger partial charge in [-0.15, -0.1) is 22.7 Å². The van der Waals surface area contributed by atoms with Crippen molar-refractivity contribution in [2.75, 3.05) is 5.32 Å². The number of hydrogen-bond acceptors (Lipinski definition) is 7. The van der Waals surface area contributed by atoms with E-state index in [4.69, 9.17) is 0 Å². The van der Waals surface area contributed by atoms with E-state index in [1.807, 2.05) is 30.6 Å². The molecule has 0 amide bonds. The second-order valence-corrected chi connectivity index (χ2v) is 7.65. The Labute approximate surface area is 157 Å². The van der Waals surface area contributed by atoms with Crippen LogP contribution in [0.3, 0.4) is 0 Å². The molecule has 0 saturated carbocycles. The van der Waals surface area contributed by atoms with Gasteiger partial charge in [0.05, 0.1) is 21.2 Å². The summed E-state index contributed by atoms with van der Waals surface area (Å²) in [6.07, 6.45) is 1.58. The predicted octanol–water partition coefficient (Wildman–Crippen LogP) is 5.42. The first kappa shape index (κ1) is 15.4. The number of fused-ring (bicyclic) bond motifs is 2. The maximum atomic E-state index is 4.58. The van der Waals surface area contributed by atoms with E-state index in [1.54, 1.807) is 29.0 Å². The molecule has 126 valence electrons. The van der Waals surface area contributed by atoms with Gasteiger partial charge in [0.1, 0.15) is 17.2 Å². The monoisotopic (exact) mass is 375 g/mol. The summed E-state index contributed by atoms with van der Waals surface area (Å²) in [7, 11) is 0. The van der Waals surface area contributed by atoms with Crippen molar-refractivity contribution in [2.24, 2.45) is 0 Å². The molecule has 26 heavy (non-hydrogen) atoms. The number of anilines is 2. The average Bonchev–Trinajstić information content (AvgIpc) is 3.30. The minimum absolute atomic E-state index is 0.778. The SMILES string of the molecule is Cc1csc(-c2ccc3ncnc(Nc4ccc5scnc5c4)c3c2)n1. The highest BCUT2D eigenvalue weighted by atomic mass is 32.1.